The van der Waals surface area contributed by atoms with Crippen molar-refractivity contribution in [3.05, 3.63) is 76.5 Å². The highest BCUT2D eigenvalue weighted by atomic mass is 16.5. The number of carbonyl (C=O) groups excluding carboxylic acids is 1. The summed E-state index contributed by atoms with van der Waals surface area (Å²) in [5, 5.41) is 5.60. The van der Waals surface area contributed by atoms with Gasteiger partial charge < -0.3 is 10.1 Å². The zero-order valence-electron chi connectivity index (χ0n) is 16.7. The Labute approximate surface area is 172 Å². The van der Waals surface area contributed by atoms with Crippen molar-refractivity contribution in [2.75, 3.05) is 12.4 Å². The fourth-order valence-electron chi connectivity index (χ4n) is 3.29. The molecule has 2 N–H and O–H groups in total. The smallest absolute Gasteiger partial charge is 0.277 e. The van der Waals surface area contributed by atoms with E-state index in [1.54, 1.807) is 14.0 Å². The Kier molecular flexibility index (Phi) is 5.30. The molecule has 4 aromatic rings. The predicted molar refractivity (Wildman–Crippen MR) is 114 cm³/mol. The minimum atomic E-state index is -0.231. The normalized spacial score (nSPS) is 10.9. The second kappa shape index (κ2) is 8.20. The number of anilines is 1. The summed E-state index contributed by atoms with van der Waals surface area (Å²) in [6.07, 6.45) is 1.89. The molecular weight excluding hydrogens is 382 g/mol. The van der Waals surface area contributed by atoms with Crippen LogP contribution in [-0.4, -0.2) is 32.6 Å². The van der Waals surface area contributed by atoms with Crippen LogP contribution in [0.5, 0.6) is 5.75 Å². The van der Waals surface area contributed by atoms with E-state index in [4.69, 9.17) is 4.74 Å². The van der Waals surface area contributed by atoms with E-state index in [-0.39, 0.29) is 17.9 Å². The number of aromatic nitrogens is 4. The molecule has 0 unspecified atom stereocenters. The van der Waals surface area contributed by atoms with Crippen LogP contribution in [0.4, 0.5) is 5.69 Å². The number of methoxy groups -OCH3 is 1. The van der Waals surface area contributed by atoms with Gasteiger partial charge in [0.1, 0.15) is 12.1 Å². The fourth-order valence-corrected chi connectivity index (χ4v) is 3.29. The van der Waals surface area contributed by atoms with Crippen LogP contribution in [0.3, 0.4) is 0 Å². The minimum absolute atomic E-state index is 0.169. The van der Waals surface area contributed by atoms with E-state index < -0.39 is 0 Å². The molecule has 0 atom stereocenters. The van der Waals surface area contributed by atoms with Crippen molar-refractivity contribution >= 4 is 17.4 Å². The molecule has 8 heteroatoms. The molecule has 0 saturated carbocycles. The van der Waals surface area contributed by atoms with Gasteiger partial charge in [-0.15, -0.1) is 0 Å². The molecule has 0 aliphatic heterocycles. The van der Waals surface area contributed by atoms with Crippen molar-refractivity contribution in [3.63, 3.8) is 0 Å². The summed E-state index contributed by atoms with van der Waals surface area (Å²) < 4.78 is 6.54. The first-order valence-corrected chi connectivity index (χ1v) is 9.51. The number of carbonyl (C=O) groups is 1. The average Bonchev–Trinajstić information content (AvgIpc) is 3.23. The monoisotopic (exact) mass is 403 g/mol. The third-order valence-electron chi connectivity index (χ3n) is 4.91. The lowest BCUT2D eigenvalue weighted by Crippen LogP contribution is -2.23. The molecule has 8 nitrogen and oxygen atoms in total. The van der Waals surface area contributed by atoms with E-state index in [1.165, 1.54) is 10.8 Å². The highest BCUT2D eigenvalue weighted by molar-refractivity contribution is 5.91. The Balaban J connectivity index is 1.41. The molecule has 152 valence electrons. The first kappa shape index (κ1) is 19.4. The number of hydrogen-bond acceptors (Lipinski definition) is 5. The maximum Gasteiger partial charge on any atom is 0.277 e. The molecule has 0 aliphatic carbocycles. The van der Waals surface area contributed by atoms with Crippen LogP contribution in [0.15, 0.2) is 59.7 Å². The second-order valence-corrected chi connectivity index (χ2v) is 6.86. The van der Waals surface area contributed by atoms with Crippen molar-refractivity contribution < 1.29 is 9.53 Å². The van der Waals surface area contributed by atoms with Crippen LogP contribution >= 0.6 is 0 Å². The van der Waals surface area contributed by atoms with Crippen molar-refractivity contribution in [3.8, 4) is 16.9 Å². The zero-order chi connectivity index (χ0) is 21.1. The summed E-state index contributed by atoms with van der Waals surface area (Å²) in [5.74, 6) is 0.943. The summed E-state index contributed by atoms with van der Waals surface area (Å²) in [5.41, 5.74) is 3.61. The van der Waals surface area contributed by atoms with Crippen molar-refractivity contribution in [2.45, 2.75) is 19.8 Å². The highest BCUT2D eigenvalue weighted by Crippen LogP contribution is 2.25. The number of aromatic amines is 1. The minimum Gasteiger partial charge on any atom is -0.497 e. The van der Waals surface area contributed by atoms with Crippen LogP contribution in [0.2, 0.25) is 0 Å². The number of hydrogen-bond donors (Lipinski definition) is 2. The van der Waals surface area contributed by atoms with Gasteiger partial charge in [0.2, 0.25) is 5.91 Å². The largest absolute Gasteiger partial charge is 0.497 e. The lowest BCUT2D eigenvalue weighted by molar-refractivity contribution is -0.116. The second-order valence-electron chi connectivity index (χ2n) is 6.86. The van der Waals surface area contributed by atoms with Crippen LogP contribution in [0.25, 0.3) is 16.9 Å². The molecule has 0 aliphatic rings. The Morgan fingerprint density at radius 3 is 2.73 bits per heavy atom. The van der Waals surface area contributed by atoms with Gasteiger partial charge in [0, 0.05) is 17.7 Å². The van der Waals surface area contributed by atoms with E-state index in [0.717, 1.165) is 16.9 Å². The van der Waals surface area contributed by atoms with Gasteiger partial charge in [-0.2, -0.15) is 4.52 Å². The molecule has 1 amide bonds. The topological polar surface area (TPSA) is 101 Å². The van der Waals surface area contributed by atoms with Crippen molar-refractivity contribution in [2.24, 2.45) is 0 Å². The standard InChI is InChI=1S/C22H21N5O3/c1-14-19(21(29)27-22(25-14)23-13-24-27)10-11-20(28)26-17-8-6-15(7-9-17)16-4-3-5-18(12-16)30-2/h3-9,12-13H,10-11H2,1-2H3,(H,26,28)(H,23,24,25). The average molecular weight is 403 g/mol. The van der Waals surface area contributed by atoms with Crippen LogP contribution in [0, 0.1) is 6.92 Å². The van der Waals surface area contributed by atoms with Gasteiger partial charge in [-0.3, -0.25) is 14.7 Å². The molecule has 4 rings (SSSR count). The van der Waals surface area contributed by atoms with Gasteiger partial charge in [-0.1, -0.05) is 24.3 Å². The summed E-state index contributed by atoms with van der Waals surface area (Å²) in [6, 6.07) is 15.4. The van der Waals surface area contributed by atoms with Crippen molar-refractivity contribution in [1.82, 2.24) is 19.6 Å². The third-order valence-corrected chi connectivity index (χ3v) is 4.91. The Morgan fingerprint density at radius 1 is 1.17 bits per heavy atom. The van der Waals surface area contributed by atoms with Crippen LogP contribution < -0.4 is 15.6 Å². The van der Waals surface area contributed by atoms with Gasteiger partial charge in [0.25, 0.3) is 11.3 Å². The molecular formula is C22H21N5O3. The third kappa shape index (κ3) is 3.93. The first-order valence-electron chi connectivity index (χ1n) is 9.51. The lowest BCUT2D eigenvalue weighted by Gasteiger charge is -2.08. The van der Waals surface area contributed by atoms with E-state index >= 15 is 0 Å². The number of nitrogens with one attached hydrogen (secondary N) is 2. The highest BCUT2D eigenvalue weighted by Gasteiger charge is 2.13. The maximum absolute atomic E-state index is 12.5. The molecule has 0 bridgehead atoms. The van der Waals surface area contributed by atoms with Gasteiger partial charge in [-0.25, -0.2) is 9.97 Å². The molecule has 2 aromatic carbocycles. The quantitative estimate of drug-likeness (QED) is 0.515. The SMILES string of the molecule is COc1cccc(-c2ccc(NC(=O)CCc3c(C)nc4nc[nH]n4c3=O)cc2)c1. The Bertz CT molecular complexity index is 1260. The first-order chi connectivity index (χ1) is 14.5. The molecule has 0 radical (unpaired) electrons. The number of nitrogens with zero attached hydrogens (tertiary/aromatic N) is 3. The molecule has 0 spiro atoms. The van der Waals surface area contributed by atoms with E-state index in [1.807, 2.05) is 48.5 Å². The van der Waals surface area contributed by atoms with Gasteiger partial charge in [0.05, 0.1) is 12.8 Å². The fraction of sp³-hybridized carbons (Fsp3) is 0.182. The van der Waals surface area contributed by atoms with Crippen LogP contribution in [0.1, 0.15) is 17.7 Å². The Morgan fingerprint density at radius 2 is 1.97 bits per heavy atom. The molecule has 2 aromatic heterocycles. The van der Waals surface area contributed by atoms with E-state index in [2.05, 4.69) is 20.4 Å². The number of rotatable bonds is 6. The number of H-pyrrole nitrogens is 1. The zero-order valence-corrected chi connectivity index (χ0v) is 16.7. The van der Waals surface area contributed by atoms with Crippen LogP contribution in [-0.2, 0) is 11.2 Å². The summed E-state index contributed by atoms with van der Waals surface area (Å²) in [7, 11) is 1.64. The number of aryl methyl sites for hydroxylation is 1. The summed E-state index contributed by atoms with van der Waals surface area (Å²) >= 11 is 0. The number of amides is 1. The molecule has 0 saturated heterocycles. The van der Waals surface area contributed by atoms with Crippen molar-refractivity contribution in [1.29, 1.82) is 0 Å². The Hall–Kier alpha value is -3.94. The summed E-state index contributed by atoms with van der Waals surface area (Å²) in [6.45, 7) is 1.75. The van der Waals surface area contributed by atoms with Gasteiger partial charge in [0.15, 0.2) is 0 Å². The molecule has 0 fully saturated rings. The van der Waals surface area contributed by atoms with Gasteiger partial charge >= 0.3 is 0 Å². The van der Waals surface area contributed by atoms with E-state index in [9.17, 15) is 9.59 Å². The predicted octanol–water partition coefficient (Wildman–Crippen LogP) is 2.97. The number of ether oxygens (including phenoxy) is 1. The number of fused-ring (bicyclic) bond motifs is 1. The number of benzene rings is 2. The van der Waals surface area contributed by atoms with E-state index in [0.29, 0.717) is 29.1 Å². The lowest BCUT2D eigenvalue weighted by atomic mass is 10.0. The molecule has 2 heterocycles. The molecule has 30 heavy (non-hydrogen) atoms. The van der Waals surface area contributed by atoms with Gasteiger partial charge in [-0.05, 0) is 48.7 Å². The maximum atomic E-state index is 12.5. The summed E-state index contributed by atoms with van der Waals surface area (Å²) in [4.78, 5) is 33.2.